The number of nitrogens with zero attached hydrogens (tertiary/aromatic N) is 2. The van der Waals surface area contributed by atoms with Crippen LogP contribution < -0.4 is 5.32 Å². The van der Waals surface area contributed by atoms with Gasteiger partial charge >= 0.3 is 0 Å². The van der Waals surface area contributed by atoms with E-state index < -0.39 is 0 Å². The fourth-order valence-electron chi connectivity index (χ4n) is 2.02. The maximum Gasteiger partial charge on any atom is 0.161 e. The molecule has 1 saturated carbocycles. The molecule has 1 aliphatic carbocycles. The second kappa shape index (κ2) is 5.27. The van der Waals surface area contributed by atoms with Crippen molar-refractivity contribution in [2.24, 2.45) is 0 Å². The lowest BCUT2D eigenvalue weighted by molar-refractivity contribution is 0.672. The molecule has 0 spiro atoms. The second-order valence-corrected chi connectivity index (χ2v) is 5.37. The Morgan fingerprint density at radius 1 is 1.26 bits per heavy atom. The van der Waals surface area contributed by atoms with Gasteiger partial charge in [-0.3, -0.25) is 0 Å². The molecule has 1 aliphatic rings. The van der Waals surface area contributed by atoms with Crippen molar-refractivity contribution in [3.8, 4) is 11.4 Å². The van der Waals surface area contributed by atoms with Crippen LogP contribution in [-0.4, -0.2) is 16.0 Å². The maximum absolute atomic E-state index is 6.21. The number of hydrogen-bond acceptors (Lipinski definition) is 3. The summed E-state index contributed by atoms with van der Waals surface area (Å²) in [4.78, 5) is 9.09. The number of aromatic nitrogens is 2. The summed E-state index contributed by atoms with van der Waals surface area (Å²) in [6.07, 6.45) is 2.56. The zero-order chi connectivity index (χ0) is 13.2. The van der Waals surface area contributed by atoms with Crippen molar-refractivity contribution in [2.75, 3.05) is 0 Å². The second-order valence-electron chi connectivity index (χ2n) is 4.96. The van der Waals surface area contributed by atoms with Gasteiger partial charge in [-0.2, -0.15) is 0 Å². The van der Waals surface area contributed by atoms with Crippen LogP contribution in [0.25, 0.3) is 11.4 Å². The zero-order valence-electron chi connectivity index (χ0n) is 10.9. The minimum Gasteiger partial charge on any atom is -0.308 e. The highest BCUT2D eigenvalue weighted by Gasteiger charge is 2.20. The summed E-state index contributed by atoms with van der Waals surface area (Å²) in [5, 5.41) is 4.16. The van der Waals surface area contributed by atoms with Gasteiger partial charge in [0.1, 0.15) is 0 Å². The first-order valence-electron chi connectivity index (χ1n) is 6.55. The molecular weight excluding hydrogens is 258 g/mol. The van der Waals surface area contributed by atoms with Crippen LogP contribution in [0.4, 0.5) is 0 Å². The average molecular weight is 274 g/mol. The SMILES string of the molecule is Cc1cc(CNC2CC2)nc(-c2ccccc2Cl)n1. The summed E-state index contributed by atoms with van der Waals surface area (Å²) >= 11 is 6.21. The van der Waals surface area contributed by atoms with E-state index in [2.05, 4.69) is 15.3 Å². The lowest BCUT2D eigenvalue weighted by Gasteiger charge is -2.08. The number of benzene rings is 1. The molecule has 0 atom stereocenters. The van der Waals surface area contributed by atoms with Crippen molar-refractivity contribution >= 4 is 11.6 Å². The fourth-order valence-corrected chi connectivity index (χ4v) is 2.24. The lowest BCUT2D eigenvalue weighted by atomic mass is 10.2. The molecule has 1 aromatic carbocycles. The molecule has 19 heavy (non-hydrogen) atoms. The Morgan fingerprint density at radius 3 is 2.79 bits per heavy atom. The minimum absolute atomic E-state index is 0.680. The van der Waals surface area contributed by atoms with Crippen molar-refractivity contribution in [3.05, 3.63) is 46.7 Å². The molecule has 0 saturated heterocycles. The summed E-state index contributed by atoms with van der Waals surface area (Å²) in [5.74, 6) is 0.707. The minimum atomic E-state index is 0.680. The van der Waals surface area contributed by atoms with Gasteiger partial charge in [-0.25, -0.2) is 9.97 Å². The zero-order valence-corrected chi connectivity index (χ0v) is 11.6. The third-order valence-corrected chi connectivity index (χ3v) is 3.50. The van der Waals surface area contributed by atoms with Gasteiger partial charge in [-0.05, 0) is 38.0 Å². The van der Waals surface area contributed by atoms with E-state index >= 15 is 0 Å². The van der Waals surface area contributed by atoms with Gasteiger partial charge in [0.05, 0.1) is 10.7 Å². The van der Waals surface area contributed by atoms with Crippen LogP contribution in [0.3, 0.4) is 0 Å². The van der Waals surface area contributed by atoms with Gasteiger partial charge in [-0.1, -0.05) is 23.7 Å². The third kappa shape index (κ3) is 3.11. The molecule has 3 rings (SSSR count). The van der Waals surface area contributed by atoms with Crippen molar-refractivity contribution < 1.29 is 0 Å². The van der Waals surface area contributed by atoms with Crippen LogP contribution in [-0.2, 0) is 6.54 Å². The number of halogens is 1. The number of rotatable bonds is 4. The molecular formula is C15H16ClN3. The van der Waals surface area contributed by atoms with Crippen molar-refractivity contribution in [3.63, 3.8) is 0 Å². The van der Waals surface area contributed by atoms with Crippen molar-refractivity contribution in [2.45, 2.75) is 32.4 Å². The molecule has 1 heterocycles. The van der Waals surface area contributed by atoms with E-state index in [4.69, 9.17) is 11.6 Å². The van der Waals surface area contributed by atoms with E-state index in [1.807, 2.05) is 37.3 Å². The molecule has 0 unspecified atom stereocenters. The largest absolute Gasteiger partial charge is 0.308 e. The van der Waals surface area contributed by atoms with Gasteiger partial charge < -0.3 is 5.32 Å². The van der Waals surface area contributed by atoms with E-state index in [-0.39, 0.29) is 0 Å². The summed E-state index contributed by atoms with van der Waals surface area (Å²) < 4.78 is 0. The summed E-state index contributed by atoms with van der Waals surface area (Å²) in [6, 6.07) is 10.4. The smallest absolute Gasteiger partial charge is 0.161 e. The average Bonchev–Trinajstić information content (AvgIpc) is 3.20. The molecule has 0 radical (unpaired) electrons. The molecule has 1 N–H and O–H groups in total. The number of hydrogen-bond donors (Lipinski definition) is 1. The molecule has 0 bridgehead atoms. The van der Waals surface area contributed by atoms with Gasteiger partial charge in [0.25, 0.3) is 0 Å². The van der Waals surface area contributed by atoms with Gasteiger partial charge in [0.15, 0.2) is 5.82 Å². The van der Waals surface area contributed by atoms with Gasteiger partial charge in [-0.15, -0.1) is 0 Å². The van der Waals surface area contributed by atoms with Crippen LogP contribution in [0.5, 0.6) is 0 Å². The first-order valence-corrected chi connectivity index (χ1v) is 6.93. The molecule has 4 heteroatoms. The third-order valence-electron chi connectivity index (χ3n) is 3.17. The predicted molar refractivity (Wildman–Crippen MR) is 77.1 cm³/mol. The molecule has 0 amide bonds. The predicted octanol–water partition coefficient (Wildman–Crippen LogP) is 3.36. The number of nitrogens with one attached hydrogen (secondary N) is 1. The van der Waals surface area contributed by atoms with E-state index in [0.717, 1.165) is 23.5 Å². The Bertz CT molecular complexity index is 594. The highest BCUT2D eigenvalue weighted by molar-refractivity contribution is 6.33. The highest BCUT2D eigenvalue weighted by atomic mass is 35.5. The summed E-state index contributed by atoms with van der Waals surface area (Å²) in [5.41, 5.74) is 2.88. The molecule has 0 aliphatic heterocycles. The molecule has 1 fully saturated rings. The molecule has 1 aromatic heterocycles. The Hall–Kier alpha value is -1.45. The Labute approximate surface area is 118 Å². The van der Waals surface area contributed by atoms with Crippen molar-refractivity contribution in [1.29, 1.82) is 0 Å². The van der Waals surface area contributed by atoms with Crippen molar-refractivity contribution in [1.82, 2.24) is 15.3 Å². The van der Waals surface area contributed by atoms with Gasteiger partial charge in [0.2, 0.25) is 0 Å². The van der Waals surface area contributed by atoms with Crippen LogP contribution in [0, 0.1) is 6.92 Å². The Morgan fingerprint density at radius 2 is 2.05 bits per heavy atom. The first-order chi connectivity index (χ1) is 9.22. The molecule has 98 valence electrons. The Kier molecular flexibility index (Phi) is 3.49. The van der Waals surface area contributed by atoms with Crippen LogP contribution in [0.1, 0.15) is 24.2 Å². The normalized spacial score (nSPS) is 14.6. The van der Waals surface area contributed by atoms with Crippen LogP contribution in [0.2, 0.25) is 5.02 Å². The summed E-state index contributed by atoms with van der Waals surface area (Å²) in [7, 11) is 0. The van der Waals surface area contributed by atoms with Crippen LogP contribution >= 0.6 is 11.6 Å². The van der Waals surface area contributed by atoms with E-state index in [9.17, 15) is 0 Å². The number of aryl methyl sites for hydroxylation is 1. The lowest BCUT2D eigenvalue weighted by Crippen LogP contribution is -2.16. The first kappa shape index (κ1) is 12.6. The quantitative estimate of drug-likeness (QED) is 0.928. The highest BCUT2D eigenvalue weighted by Crippen LogP contribution is 2.25. The Balaban J connectivity index is 1.90. The fraction of sp³-hybridized carbons (Fsp3) is 0.333. The molecule has 2 aromatic rings. The van der Waals surface area contributed by atoms with E-state index in [0.29, 0.717) is 16.9 Å². The van der Waals surface area contributed by atoms with E-state index in [1.165, 1.54) is 12.8 Å². The monoisotopic (exact) mass is 273 g/mol. The summed E-state index contributed by atoms with van der Waals surface area (Å²) in [6.45, 7) is 2.79. The van der Waals surface area contributed by atoms with Gasteiger partial charge in [0, 0.05) is 23.8 Å². The van der Waals surface area contributed by atoms with E-state index in [1.54, 1.807) is 0 Å². The standard InChI is InChI=1S/C15H16ClN3/c1-10-8-12(9-17-11-6-7-11)19-15(18-10)13-4-2-3-5-14(13)16/h2-5,8,11,17H,6-7,9H2,1H3. The molecule has 3 nitrogen and oxygen atoms in total. The van der Waals surface area contributed by atoms with Crippen LogP contribution in [0.15, 0.2) is 30.3 Å². The topological polar surface area (TPSA) is 37.8 Å². The maximum atomic E-state index is 6.21.